The van der Waals surface area contributed by atoms with Crippen molar-refractivity contribution in [3.63, 3.8) is 0 Å². The largest absolute Gasteiger partial charge is 0.299 e. The molecule has 0 aromatic heterocycles. The topological polar surface area (TPSA) is 17.1 Å². The molecule has 0 bridgehead atoms. The molecule has 0 saturated heterocycles. The molecule has 0 N–H and O–H groups in total. The van der Waals surface area contributed by atoms with Crippen molar-refractivity contribution >= 4 is 5.78 Å². The van der Waals surface area contributed by atoms with Gasteiger partial charge in [0.1, 0.15) is 5.78 Å². The van der Waals surface area contributed by atoms with Crippen LogP contribution in [0.3, 0.4) is 0 Å². The number of hydrogen-bond donors (Lipinski definition) is 0. The van der Waals surface area contributed by atoms with Gasteiger partial charge in [0.25, 0.3) is 0 Å². The highest BCUT2D eigenvalue weighted by atomic mass is 16.1. The van der Waals surface area contributed by atoms with E-state index in [0.29, 0.717) is 23.5 Å². The number of carbonyl (C=O) groups is 1. The van der Waals surface area contributed by atoms with Crippen molar-refractivity contribution in [3.05, 3.63) is 0 Å². The molecule has 1 nitrogen and oxygen atoms in total. The van der Waals surface area contributed by atoms with Gasteiger partial charge < -0.3 is 0 Å². The van der Waals surface area contributed by atoms with Gasteiger partial charge in [0.15, 0.2) is 0 Å². The van der Waals surface area contributed by atoms with Crippen molar-refractivity contribution < 1.29 is 4.79 Å². The van der Waals surface area contributed by atoms with Crippen molar-refractivity contribution in [2.75, 3.05) is 0 Å². The normalized spacial score (nSPS) is 40.7. The fraction of sp³-hybridized carbons (Fsp3) is 0.889. The number of carbonyl (C=O) groups excluding carboxylic acids is 1. The van der Waals surface area contributed by atoms with Crippen LogP contribution in [0.2, 0.25) is 0 Å². The molecule has 0 spiro atoms. The van der Waals surface area contributed by atoms with Crippen LogP contribution in [0, 0.1) is 17.8 Å². The molecule has 1 aliphatic carbocycles. The van der Waals surface area contributed by atoms with Crippen LogP contribution in [0.5, 0.6) is 0 Å². The van der Waals surface area contributed by atoms with Crippen LogP contribution in [0.25, 0.3) is 0 Å². The minimum absolute atomic E-state index is 0.333. The van der Waals surface area contributed by atoms with Crippen LogP contribution >= 0.6 is 0 Å². The zero-order valence-corrected chi connectivity index (χ0v) is 7.05. The third-order valence-electron chi connectivity index (χ3n) is 2.88. The molecule has 0 heterocycles. The second-order valence-electron chi connectivity index (χ2n) is 3.51. The molecular weight excluding hydrogens is 124 g/mol. The lowest BCUT2D eigenvalue weighted by molar-refractivity contribution is -0.120. The Morgan fingerprint density at radius 2 is 2.10 bits per heavy atom. The van der Waals surface area contributed by atoms with Gasteiger partial charge in [-0.25, -0.2) is 0 Å². The zero-order chi connectivity index (χ0) is 7.72. The summed E-state index contributed by atoms with van der Waals surface area (Å²) < 4.78 is 0. The van der Waals surface area contributed by atoms with E-state index in [4.69, 9.17) is 0 Å². The summed E-state index contributed by atoms with van der Waals surface area (Å²) in [6, 6.07) is 0. The quantitative estimate of drug-likeness (QED) is 0.546. The van der Waals surface area contributed by atoms with E-state index in [1.54, 1.807) is 0 Å². The summed E-state index contributed by atoms with van der Waals surface area (Å²) in [5, 5.41) is 0. The first-order valence-electron chi connectivity index (χ1n) is 4.19. The molecule has 1 fully saturated rings. The first-order chi connectivity index (χ1) is 4.66. The Morgan fingerprint density at radius 1 is 1.50 bits per heavy atom. The van der Waals surface area contributed by atoms with Gasteiger partial charge in [-0.2, -0.15) is 0 Å². The number of rotatable bonds is 1. The average molecular weight is 140 g/mol. The summed E-state index contributed by atoms with van der Waals surface area (Å²) in [4.78, 5) is 11.2. The molecule has 3 atom stereocenters. The van der Waals surface area contributed by atoms with E-state index >= 15 is 0 Å². The molecule has 3 unspecified atom stereocenters. The molecule has 0 aromatic rings. The van der Waals surface area contributed by atoms with Crippen LogP contribution in [-0.2, 0) is 4.79 Å². The maximum absolute atomic E-state index is 11.2. The van der Waals surface area contributed by atoms with E-state index in [0.717, 1.165) is 12.8 Å². The van der Waals surface area contributed by atoms with Crippen LogP contribution in [0.4, 0.5) is 0 Å². The number of Topliss-reactive ketones (excluding diaryl/α,β-unsaturated/α-hetero) is 1. The molecule has 1 heteroatoms. The van der Waals surface area contributed by atoms with E-state index in [2.05, 4.69) is 20.8 Å². The Morgan fingerprint density at radius 3 is 2.30 bits per heavy atom. The maximum Gasteiger partial charge on any atom is 0.136 e. The SMILES string of the molecule is CCC1C(C)CC(=O)C1C. The first-order valence-corrected chi connectivity index (χ1v) is 4.19. The lowest BCUT2D eigenvalue weighted by atomic mass is 9.89. The molecule has 10 heavy (non-hydrogen) atoms. The number of hydrogen-bond acceptors (Lipinski definition) is 1. The van der Waals surface area contributed by atoms with E-state index in [-0.39, 0.29) is 0 Å². The van der Waals surface area contributed by atoms with E-state index in [1.165, 1.54) is 0 Å². The molecule has 1 rings (SSSR count). The van der Waals surface area contributed by atoms with Crippen molar-refractivity contribution in [1.82, 2.24) is 0 Å². The minimum atomic E-state index is 0.333. The van der Waals surface area contributed by atoms with Crippen LogP contribution < -0.4 is 0 Å². The molecule has 0 radical (unpaired) electrons. The highest BCUT2D eigenvalue weighted by Crippen LogP contribution is 2.35. The summed E-state index contributed by atoms with van der Waals surface area (Å²) >= 11 is 0. The highest BCUT2D eigenvalue weighted by Gasteiger charge is 2.35. The Kier molecular flexibility index (Phi) is 2.12. The fourth-order valence-corrected chi connectivity index (χ4v) is 2.14. The van der Waals surface area contributed by atoms with Gasteiger partial charge in [0.2, 0.25) is 0 Å². The predicted molar refractivity (Wildman–Crippen MR) is 41.7 cm³/mol. The van der Waals surface area contributed by atoms with Gasteiger partial charge in [-0.15, -0.1) is 0 Å². The van der Waals surface area contributed by atoms with Crippen molar-refractivity contribution in [2.24, 2.45) is 17.8 Å². The van der Waals surface area contributed by atoms with Gasteiger partial charge in [-0.05, 0) is 11.8 Å². The molecule has 1 aliphatic rings. The summed E-state index contributed by atoms with van der Waals surface area (Å²) in [6.45, 7) is 6.44. The van der Waals surface area contributed by atoms with Crippen molar-refractivity contribution in [2.45, 2.75) is 33.6 Å². The van der Waals surface area contributed by atoms with E-state index in [1.807, 2.05) is 0 Å². The molecule has 0 aromatic carbocycles. The summed E-state index contributed by atoms with van der Waals surface area (Å²) in [5.41, 5.74) is 0. The molecule has 0 aliphatic heterocycles. The van der Waals surface area contributed by atoms with Crippen molar-refractivity contribution in [1.29, 1.82) is 0 Å². The van der Waals surface area contributed by atoms with Crippen LogP contribution in [0.15, 0.2) is 0 Å². The summed E-state index contributed by atoms with van der Waals surface area (Å²) in [5.74, 6) is 2.10. The van der Waals surface area contributed by atoms with Gasteiger partial charge in [-0.1, -0.05) is 27.2 Å². The second-order valence-corrected chi connectivity index (χ2v) is 3.51. The van der Waals surface area contributed by atoms with Crippen LogP contribution in [-0.4, -0.2) is 5.78 Å². The van der Waals surface area contributed by atoms with Gasteiger partial charge >= 0.3 is 0 Å². The maximum atomic E-state index is 11.2. The standard InChI is InChI=1S/C9H16O/c1-4-8-6(2)5-9(10)7(8)3/h6-8H,4-5H2,1-3H3. The number of ketones is 1. The highest BCUT2D eigenvalue weighted by molar-refractivity contribution is 5.83. The molecular formula is C9H16O. The Bertz CT molecular complexity index is 140. The summed E-state index contributed by atoms with van der Waals surface area (Å²) in [6.07, 6.45) is 1.98. The lowest BCUT2D eigenvalue weighted by Crippen LogP contribution is -2.11. The van der Waals surface area contributed by atoms with Gasteiger partial charge in [0, 0.05) is 12.3 Å². The van der Waals surface area contributed by atoms with Crippen molar-refractivity contribution in [3.8, 4) is 0 Å². The van der Waals surface area contributed by atoms with Crippen LogP contribution in [0.1, 0.15) is 33.6 Å². The second kappa shape index (κ2) is 2.73. The minimum Gasteiger partial charge on any atom is -0.299 e. The molecule has 1 saturated carbocycles. The van der Waals surface area contributed by atoms with Gasteiger partial charge in [0.05, 0.1) is 0 Å². The monoisotopic (exact) mass is 140 g/mol. The molecule has 0 amide bonds. The predicted octanol–water partition coefficient (Wildman–Crippen LogP) is 2.26. The fourth-order valence-electron chi connectivity index (χ4n) is 2.14. The van der Waals surface area contributed by atoms with E-state index < -0.39 is 0 Å². The molecule has 58 valence electrons. The third kappa shape index (κ3) is 1.09. The average Bonchev–Trinajstić information content (AvgIpc) is 2.09. The third-order valence-corrected chi connectivity index (χ3v) is 2.88. The Hall–Kier alpha value is -0.330. The van der Waals surface area contributed by atoms with Gasteiger partial charge in [-0.3, -0.25) is 4.79 Å². The first kappa shape index (κ1) is 7.77. The summed E-state index contributed by atoms with van der Waals surface area (Å²) in [7, 11) is 0. The Labute approximate surface area is 62.8 Å². The smallest absolute Gasteiger partial charge is 0.136 e. The van der Waals surface area contributed by atoms with E-state index in [9.17, 15) is 4.79 Å². The Balaban J connectivity index is 2.64. The lowest BCUT2D eigenvalue weighted by Gasteiger charge is -2.15. The zero-order valence-electron chi connectivity index (χ0n) is 7.05.